The minimum absolute atomic E-state index is 0.00212. The number of methoxy groups -OCH3 is 1. The molecule has 6 atom stereocenters. The van der Waals surface area contributed by atoms with Gasteiger partial charge < -0.3 is 39.0 Å². The summed E-state index contributed by atoms with van der Waals surface area (Å²) in [5.41, 5.74) is -1.91. The van der Waals surface area contributed by atoms with Crippen LogP contribution in [0.4, 0.5) is 18.0 Å². The molecule has 2 aromatic rings. The second-order valence-corrected chi connectivity index (χ2v) is 19.5. The fourth-order valence-electron chi connectivity index (χ4n) is 8.57. The van der Waals surface area contributed by atoms with Crippen LogP contribution in [0.2, 0.25) is 0 Å². The lowest BCUT2D eigenvalue weighted by molar-refractivity contribution is -0.274. The van der Waals surface area contributed by atoms with E-state index in [9.17, 15) is 36.9 Å². The Balaban J connectivity index is 1.22. The second kappa shape index (κ2) is 16.5. The van der Waals surface area contributed by atoms with E-state index in [1.807, 2.05) is 19.1 Å². The van der Waals surface area contributed by atoms with Crippen LogP contribution in [0.1, 0.15) is 103 Å². The lowest BCUT2D eigenvalue weighted by atomic mass is 9.87. The van der Waals surface area contributed by atoms with E-state index in [1.165, 1.54) is 23.1 Å². The molecular formula is C42H54F3N5O9S. The number of fused-ring (bicyclic) bond motifs is 5. The van der Waals surface area contributed by atoms with Crippen molar-refractivity contribution in [2.24, 2.45) is 5.92 Å². The van der Waals surface area contributed by atoms with Gasteiger partial charge in [0.05, 0.1) is 29.1 Å². The average molecular weight is 862 g/mol. The first-order valence-corrected chi connectivity index (χ1v) is 21.8. The Morgan fingerprint density at radius 1 is 1.13 bits per heavy atom. The molecule has 0 bridgehead atoms. The number of carbonyl (C=O) groups excluding carboxylic acids is 4. The van der Waals surface area contributed by atoms with Gasteiger partial charge in [0.1, 0.15) is 45.1 Å². The van der Waals surface area contributed by atoms with Crippen molar-refractivity contribution in [2.45, 2.75) is 145 Å². The van der Waals surface area contributed by atoms with E-state index in [4.69, 9.17) is 14.2 Å². The Kier molecular flexibility index (Phi) is 12.1. The van der Waals surface area contributed by atoms with Crippen molar-refractivity contribution in [3.8, 4) is 11.5 Å². The maximum absolute atomic E-state index is 14.9. The first-order valence-electron chi connectivity index (χ1n) is 20.6. The Bertz CT molecular complexity index is 2050. The van der Waals surface area contributed by atoms with Gasteiger partial charge in [-0.15, -0.1) is 13.2 Å². The minimum atomic E-state index is -4.90. The molecule has 0 radical (unpaired) electrons. The van der Waals surface area contributed by atoms with Crippen LogP contribution in [0.25, 0.3) is 10.9 Å². The van der Waals surface area contributed by atoms with Gasteiger partial charge >= 0.3 is 12.5 Å². The number of alkyl halides is 3. The van der Waals surface area contributed by atoms with E-state index < -0.39 is 80.9 Å². The summed E-state index contributed by atoms with van der Waals surface area (Å²) in [6.45, 7) is 7.30. The van der Waals surface area contributed by atoms with E-state index in [-0.39, 0.29) is 38.1 Å². The Morgan fingerprint density at radius 2 is 1.90 bits per heavy atom. The van der Waals surface area contributed by atoms with Crippen molar-refractivity contribution in [1.82, 2.24) is 25.2 Å². The Hall–Kier alpha value is -4.29. The molecule has 1 aromatic carbocycles. The summed E-state index contributed by atoms with van der Waals surface area (Å²) in [5.74, 6) is -2.13. The summed E-state index contributed by atoms with van der Waals surface area (Å²) in [5, 5.41) is 6.19. The second-order valence-electron chi connectivity index (χ2n) is 17.8. The van der Waals surface area contributed by atoms with Gasteiger partial charge in [0.15, 0.2) is 0 Å². The Morgan fingerprint density at radius 3 is 2.62 bits per heavy atom. The number of ether oxygens (including phenoxy) is 4. The molecule has 18 heteroatoms. The lowest BCUT2D eigenvalue weighted by Crippen LogP contribution is -2.58. The normalized spacial score (nSPS) is 28.8. The highest BCUT2D eigenvalue weighted by Gasteiger charge is 2.64. The molecule has 60 heavy (non-hydrogen) atoms. The molecular weight excluding hydrogens is 808 g/mol. The molecule has 1 aromatic heterocycles. The number of nitrogens with one attached hydrogen (secondary N) is 3. The first kappa shape index (κ1) is 43.8. The van der Waals surface area contributed by atoms with E-state index in [0.29, 0.717) is 73.0 Å². The van der Waals surface area contributed by atoms with Crippen LogP contribution in [0, 0.1) is 12.8 Å². The SMILES string of the molecule is COCCC(C)(C)OC(=O)N[C@H]1CCCCC/C=C\[C@@H]2C[C@@]2(C(=O)N[S@+]([O-])C2(C)CC2)NC(=O)[C@@H]2C[C@]3(CCc4c(c(C)nc5ccc(OC(F)(F)F)cc45)O3)CN2C1=O. The van der Waals surface area contributed by atoms with Gasteiger partial charge in [-0.25, -0.2) is 9.78 Å². The Labute approximate surface area is 350 Å². The fraction of sp³-hybridized carbons (Fsp3) is 0.643. The third-order valence-electron chi connectivity index (χ3n) is 12.5. The predicted octanol–water partition coefficient (Wildman–Crippen LogP) is 5.74. The maximum atomic E-state index is 14.9. The number of hydrogen-bond donors (Lipinski definition) is 3. The smallest absolute Gasteiger partial charge is 0.573 e. The molecule has 14 nitrogen and oxygen atoms in total. The van der Waals surface area contributed by atoms with Crippen LogP contribution in [-0.4, -0.2) is 98.4 Å². The summed E-state index contributed by atoms with van der Waals surface area (Å²) >= 11 is -1.67. The molecule has 3 aliphatic heterocycles. The van der Waals surface area contributed by atoms with Crippen LogP contribution in [0.3, 0.4) is 0 Å². The molecule has 7 rings (SSSR count). The van der Waals surface area contributed by atoms with Crippen molar-refractivity contribution in [3.05, 3.63) is 41.6 Å². The number of benzene rings is 1. The molecule has 328 valence electrons. The van der Waals surface area contributed by atoms with E-state index >= 15 is 0 Å². The number of hydrogen-bond acceptors (Lipinski definition) is 10. The predicted molar refractivity (Wildman–Crippen MR) is 214 cm³/mol. The largest absolute Gasteiger partial charge is 0.593 e. The van der Waals surface area contributed by atoms with Crippen molar-refractivity contribution < 1.29 is 55.8 Å². The molecule has 1 saturated heterocycles. The molecule has 2 aliphatic carbocycles. The number of aromatic nitrogens is 1. The third-order valence-corrected chi connectivity index (χ3v) is 14.2. The van der Waals surface area contributed by atoms with Crippen LogP contribution in [0.5, 0.6) is 11.5 Å². The number of carbonyl (C=O) groups is 4. The summed E-state index contributed by atoms with van der Waals surface area (Å²) in [7, 11) is 1.54. The van der Waals surface area contributed by atoms with Gasteiger partial charge in [-0.1, -0.05) is 25.0 Å². The highest BCUT2D eigenvalue weighted by Crippen LogP contribution is 2.49. The zero-order chi connectivity index (χ0) is 43.3. The molecule has 5 aliphatic rings. The van der Waals surface area contributed by atoms with Gasteiger partial charge in [-0.2, -0.15) is 4.72 Å². The molecule has 0 unspecified atom stereocenters. The highest BCUT2D eigenvalue weighted by molar-refractivity contribution is 7.91. The van der Waals surface area contributed by atoms with Crippen LogP contribution >= 0.6 is 0 Å². The van der Waals surface area contributed by atoms with Crippen LogP contribution in [-0.2, 0) is 41.6 Å². The van der Waals surface area contributed by atoms with Crippen molar-refractivity contribution in [2.75, 3.05) is 20.3 Å². The molecule has 1 spiro atoms. The summed E-state index contributed by atoms with van der Waals surface area (Å²) in [6, 6.07) is 1.69. The summed E-state index contributed by atoms with van der Waals surface area (Å²) < 4.78 is 76.7. The van der Waals surface area contributed by atoms with E-state index in [2.05, 4.69) is 25.1 Å². The quantitative estimate of drug-likeness (QED) is 0.208. The zero-order valence-electron chi connectivity index (χ0n) is 34.6. The average Bonchev–Trinajstić information content (AvgIpc) is 4.06. The topological polar surface area (TPSA) is 180 Å². The van der Waals surface area contributed by atoms with Gasteiger partial charge in [-0.05, 0) is 84.4 Å². The summed E-state index contributed by atoms with van der Waals surface area (Å²) in [4.78, 5) is 63.0. The lowest BCUT2D eigenvalue weighted by Gasteiger charge is -2.37. The number of aryl methyl sites for hydroxylation is 2. The number of rotatable bonds is 9. The van der Waals surface area contributed by atoms with E-state index in [0.717, 1.165) is 12.8 Å². The monoisotopic (exact) mass is 861 g/mol. The highest BCUT2D eigenvalue weighted by atomic mass is 32.2. The van der Waals surface area contributed by atoms with Crippen LogP contribution < -0.4 is 24.8 Å². The standard InChI is InChI=1S/C42H54F3N5O9S/c1-25-33-28(29-21-27(57-42(43,44)45)13-14-30(29)46-25)15-16-40(58-33)23-32-34(51)48-41(36(53)49-60(55)39(4)17-18-39)22-26(41)11-9-7-6-8-10-12-31(35(52)50(32)24-40)47-37(54)59-38(2,3)19-20-56-5/h9,11,13-14,21,26,31-32H,6-8,10,12,15-20,22-24H2,1-5H3,(H,47,54)(H,48,51)(H,49,53)/b11-9-/t26-,31+,32+,40-,41-,60-/m1/s1. The van der Waals surface area contributed by atoms with Gasteiger partial charge in [-0.3, -0.25) is 14.4 Å². The number of pyridine rings is 1. The fourth-order valence-corrected chi connectivity index (χ4v) is 9.64. The van der Waals surface area contributed by atoms with Crippen molar-refractivity contribution in [1.29, 1.82) is 0 Å². The first-order chi connectivity index (χ1) is 28.3. The zero-order valence-corrected chi connectivity index (χ0v) is 35.4. The molecule has 2 saturated carbocycles. The summed E-state index contributed by atoms with van der Waals surface area (Å²) in [6.07, 6.45) is 3.92. The molecule has 4 heterocycles. The van der Waals surface area contributed by atoms with Gasteiger partial charge in [0.2, 0.25) is 11.8 Å². The number of amides is 4. The number of halogens is 3. The van der Waals surface area contributed by atoms with Gasteiger partial charge in [0.25, 0.3) is 5.91 Å². The van der Waals surface area contributed by atoms with Crippen molar-refractivity contribution in [3.63, 3.8) is 0 Å². The molecule has 3 N–H and O–H groups in total. The minimum Gasteiger partial charge on any atom is -0.593 e. The van der Waals surface area contributed by atoms with E-state index in [1.54, 1.807) is 27.9 Å². The van der Waals surface area contributed by atoms with Gasteiger partial charge in [0, 0.05) is 56.3 Å². The number of alkyl carbamates (subject to hydrolysis) is 1. The van der Waals surface area contributed by atoms with Crippen LogP contribution in [0.15, 0.2) is 30.4 Å². The number of nitrogens with zero attached hydrogens (tertiary/aromatic N) is 2. The molecule has 3 fully saturated rings. The maximum Gasteiger partial charge on any atom is 0.573 e. The van der Waals surface area contributed by atoms with Crippen molar-refractivity contribution >= 4 is 46.1 Å². The number of allylic oxidation sites excluding steroid dienone is 1. The molecule has 4 amide bonds. The third kappa shape index (κ3) is 9.44.